The zero-order chi connectivity index (χ0) is 15.5. The molecule has 0 heterocycles. The van der Waals surface area contributed by atoms with Crippen molar-refractivity contribution in [1.82, 2.24) is 0 Å². The third-order valence-electron chi connectivity index (χ3n) is 3.45. The summed E-state index contributed by atoms with van der Waals surface area (Å²) in [7, 11) is 0. The average Bonchev–Trinajstić information content (AvgIpc) is 3.41. The number of allylic oxidation sites excluding steroid dienone is 3. The molecule has 0 aromatic heterocycles. The zero-order valence-electron chi connectivity index (χ0n) is 13.1. The first-order chi connectivity index (χ1) is 10.9. The van der Waals surface area contributed by atoms with E-state index in [-0.39, 0.29) is 0 Å². The van der Waals surface area contributed by atoms with Crippen molar-refractivity contribution in [3.05, 3.63) is 96.1 Å². The van der Waals surface area contributed by atoms with E-state index in [1.165, 1.54) is 36.8 Å². The van der Waals surface area contributed by atoms with Crippen LogP contribution in [0.25, 0.3) is 12.2 Å². The lowest BCUT2D eigenvalue weighted by Crippen LogP contribution is -1.69. The Balaban J connectivity index is 0.000000188. The van der Waals surface area contributed by atoms with E-state index in [1.54, 1.807) is 5.57 Å². The molecular weight excluding hydrogens is 264 g/mol. The van der Waals surface area contributed by atoms with Crippen LogP contribution in [0.15, 0.2) is 85.0 Å². The molecule has 0 amide bonds. The largest absolute Gasteiger partial charge is 0.0985 e. The Hall–Kier alpha value is -2.34. The molecule has 0 bridgehead atoms. The third kappa shape index (κ3) is 6.90. The monoisotopic (exact) mass is 288 g/mol. The normalized spacial score (nSPS) is 12.5. The first kappa shape index (κ1) is 16.0. The van der Waals surface area contributed by atoms with Crippen molar-refractivity contribution in [2.75, 3.05) is 0 Å². The second-order valence-electron chi connectivity index (χ2n) is 5.37. The van der Waals surface area contributed by atoms with Gasteiger partial charge in [-0.1, -0.05) is 97.1 Å². The van der Waals surface area contributed by atoms with Crippen molar-refractivity contribution < 1.29 is 0 Å². The molecule has 1 saturated carbocycles. The van der Waals surface area contributed by atoms with Crippen LogP contribution in [0.4, 0.5) is 0 Å². The molecule has 1 fully saturated rings. The molecule has 0 atom stereocenters. The fourth-order valence-corrected chi connectivity index (χ4v) is 2.03. The molecule has 0 nitrogen and oxygen atoms in total. The first-order valence-electron chi connectivity index (χ1n) is 7.95. The molecule has 1 aliphatic rings. The predicted octanol–water partition coefficient (Wildman–Crippen LogP) is 6.53. The molecule has 0 radical (unpaired) electrons. The Morgan fingerprint density at radius 1 is 0.773 bits per heavy atom. The van der Waals surface area contributed by atoms with E-state index in [4.69, 9.17) is 0 Å². The summed E-state index contributed by atoms with van der Waals surface area (Å²) in [6.45, 7) is 3.63. The van der Waals surface area contributed by atoms with Crippen LogP contribution in [0.1, 0.15) is 36.8 Å². The minimum Gasteiger partial charge on any atom is -0.0985 e. The van der Waals surface area contributed by atoms with E-state index in [2.05, 4.69) is 55.1 Å². The van der Waals surface area contributed by atoms with Crippen LogP contribution in [-0.2, 0) is 0 Å². The van der Waals surface area contributed by atoms with Gasteiger partial charge in [0.2, 0.25) is 0 Å². The Bertz CT molecular complexity index is 597. The van der Waals surface area contributed by atoms with Crippen LogP contribution in [0.5, 0.6) is 0 Å². The molecule has 0 unspecified atom stereocenters. The molecule has 0 spiro atoms. The number of hydrogen-bond donors (Lipinski definition) is 0. The highest BCUT2D eigenvalue weighted by Gasteiger charge is 2.08. The van der Waals surface area contributed by atoms with Crippen LogP contribution in [0.2, 0.25) is 0 Å². The molecule has 3 rings (SSSR count). The topological polar surface area (TPSA) is 0 Å². The van der Waals surface area contributed by atoms with Gasteiger partial charge in [-0.05, 0) is 36.8 Å². The van der Waals surface area contributed by atoms with Crippen LogP contribution in [-0.4, -0.2) is 0 Å². The lowest BCUT2D eigenvalue weighted by Gasteiger charge is -1.90. The van der Waals surface area contributed by atoms with Gasteiger partial charge in [0, 0.05) is 0 Å². The molecule has 0 saturated heterocycles. The van der Waals surface area contributed by atoms with Gasteiger partial charge in [0.25, 0.3) is 0 Å². The zero-order valence-corrected chi connectivity index (χ0v) is 13.1. The summed E-state index contributed by atoms with van der Waals surface area (Å²) in [5, 5.41) is 0. The summed E-state index contributed by atoms with van der Waals surface area (Å²) in [5.74, 6) is 0. The van der Waals surface area contributed by atoms with Gasteiger partial charge in [-0.3, -0.25) is 0 Å². The molecule has 0 N–H and O–H groups in total. The Morgan fingerprint density at radius 2 is 1.36 bits per heavy atom. The summed E-state index contributed by atoms with van der Waals surface area (Å²) >= 11 is 0. The minimum absolute atomic E-state index is 1.17. The molecule has 0 heteroatoms. The first-order valence-corrected chi connectivity index (χ1v) is 7.95. The van der Waals surface area contributed by atoms with E-state index in [0.29, 0.717) is 0 Å². The Morgan fingerprint density at radius 3 is 1.86 bits per heavy atom. The van der Waals surface area contributed by atoms with Crippen molar-refractivity contribution in [3.8, 4) is 0 Å². The van der Waals surface area contributed by atoms with Crippen molar-refractivity contribution in [3.63, 3.8) is 0 Å². The van der Waals surface area contributed by atoms with Gasteiger partial charge >= 0.3 is 0 Å². The summed E-state index contributed by atoms with van der Waals surface area (Å²) in [5.41, 5.74) is 4.12. The van der Waals surface area contributed by atoms with E-state index in [0.717, 1.165) is 0 Å². The van der Waals surface area contributed by atoms with Crippen molar-refractivity contribution >= 4 is 12.2 Å². The van der Waals surface area contributed by atoms with E-state index >= 15 is 0 Å². The van der Waals surface area contributed by atoms with Crippen molar-refractivity contribution in [2.45, 2.75) is 25.7 Å². The van der Waals surface area contributed by atoms with Gasteiger partial charge in [0.05, 0.1) is 0 Å². The lowest BCUT2D eigenvalue weighted by molar-refractivity contribution is 1.05. The second-order valence-corrected chi connectivity index (χ2v) is 5.37. The summed E-state index contributed by atoms with van der Waals surface area (Å²) in [4.78, 5) is 0. The molecule has 0 aliphatic heterocycles. The second kappa shape index (κ2) is 9.57. The summed E-state index contributed by atoms with van der Waals surface area (Å²) in [6, 6.07) is 20.5. The fraction of sp³-hybridized carbons (Fsp3) is 0.182. The maximum Gasteiger partial charge on any atom is -0.0260 e. The van der Waals surface area contributed by atoms with E-state index < -0.39 is 0 Å². The smallest absolute Gasteiger partial charge is 0.0260 e. The van der Waals surface area contributed by atoms with Gasteiger partial charge in [0.1, 0.15) is 0 Å². The number of unbranched alkanes of at least 4 members (excludes halogenated alkanes) is 1. The number of rotatable bonds is 5. The Labute approximate surface area is 134 Å². The minimum atomic E-state index is 1.17. The van der Waals surface area contributed by atoms with Crippen LogP contribution in [0, 0.1) is 0 Å². The highest BCUT2D eigenvalue weighted by molar-refractivity contribution is 5.48. The fourth-order valence-electron chi connectivity index (χ4n) is 2.03. The summed E-state index contributed by atoms with van der Waals surface area (Å²) < 4.78 is 0. The van der Waals surface area contributed by atoms with Crippen LogP contribution in [0.3, 0.4) is 0 Å². The number of benzene rings is 2. The SMILES string of the molecule is C(=Cc1ccccc1)CCC=C1CC1.C=Cc1ccccc1. The number of hydrogen-bond acceptors (Lipinski definition) is 0. The predicted molar refractivity (Wildman–Crippen MR) is 98.6 cm³/mol. The molecular formula is C22H24. The maximum absolute atomic E-state index is 3.63. The molecule has 2 aromatic carbocycles. The maximum atomic E-state index is 3.63. The van der Waals surface area contributed by atoms with Crippen LogP contribution < -0.4 is 0 Å². The van der Waals surface area contributed by atoms with Gasteiger partial charge in [-0.25, -0.2) is 0 Å². The average molecular weight is 288 g/mol. The standard InChI is InChI=1S/C14H16.C8H8/c1-3-7-13(8-4-1)9-5-2-6-10-14-11-12-14;1-2-8-6-4-3-5-7-8/h1,3-5,7-10H,2,6,11-12H2;2-7H,1H2. The van der Waals surface area contributed by atoms with E-state index in [1.807, 2.05) is 36.4 Å². The van der Waals surface area contributed by atoms with Crippen molar-refractivity contribution in [1.29, 1.82) is 0 Å². The molecule has 1 aliphatic carbocycles. The molecule has 2 aromatic rings. The van der Waals surface area contributed by atoms with Gasteiger partial charge in [-0.15, -0.1) is 0 Å². The quantitative estimate of drug-likeness (QED) is 0.433. The molecule has 22 heavy (non-hydrogen) atoms. The molecule has 112 valence electrons. The highest BCUT2D eigenvalue weighted by atomic mass is 14.1. The lowest BCUT2D eigenvalue weighted by atomic mass is 10.2. The highest BCUT2D eigenvalue weighted by Crippen LogP contribution is 2.28. The van der Waals surface area contributed by atoms with E-state index in [9.17, 15) is 0 Å². The Kier molecular flexibility index (Phi) is 6.98. The van der Waals surface area contributed by atoms with Crippen LogP contribution >= 0.6 is 0 Å². The van der Waals surface area contributed by atoms with Crippen molar-refractivity contribution in [2.24, 2.45) is 0 Å². The van der Waals surface area contributed by atoms with Gasteiger partial charge in [0.15, 0.2) is 0 Å². The van der Waals surface area contributed by atoms with Gasteiger partial charge < -0.3 is 0 Å². The summed E-state index contributed by atoms with van der Waals surface area (Å²) in [6.07, 6.45) is 13.7. The van der Waals surface area contributed by atoms with Gasteiger partial charge in [-0.2, -0.15) is 0 Å². The third-order valence-corrected chi connectivity index (χ3v) is 3.45.